The second-order valence-corrected chi connectivity index (χ2v) is 14.0. The third kappa shape index (κ3) is 8.37. The Bertz CT molecular complexity index is 2320. The lowest BCUT2D eigenvalue weighted by molar-refractivity contribution is 0.221. The first-order chi connectivity index (χ1) is 25.4. The van der Waals surface area contributed by atoms with Crippen molar-refractivity contribution >= 4 is 21.0 Å². The molecule has 0 bridgehead atoms. The van der Waals surface area contributed by atoms with Gasteiger partial charge in [0.25, 0.3) is 10.1 Å². The highest BCUT2D eigenvalue weighted by Crippen LogP contribution is 2.37. The summed E-state index contributed by atoms with van der Waals surface area (Å²) in [6, 6.07) is 50.8. The zero-order chi connectivity index (χ0) is 35.8. The number of rotatable bonds is 15. The van der Waals surface area contributed by atoms with Crippen LogP contribution >= 0.6 is 0 Å². The van der Waals surface area contributed by atoms with Crippen LogP contribution in [-0.2, 0) is 34.1 Å². The molecule has 7 nitrogen and oxygen atoms in total. The predicted molar refractivity (Wildman–Crippen MR) is 204 cm³/mol. The molecule has 0 atom stereocenters. The van der Waals surface area contributed by atoms with Gasteiger partial charge in [-0.25, -0.2) is 0 Å². The second-order valence-electron chi connectivity index (χ2n) is 12.4. The molecular formula is C44H39NO6S. The minimum absolute atomic E-state index is 0.0931. The predicted octanol–water partition coefficient (Wildman–Crippen LogP) is 9.61. The molecule has 1 heterocycles. The summed E-state index contributed by atoms with van der Waals surface area (Å²) < 4.78 is 50.4. The smallest absolute Gasteiger partial charge is 0.297 e. The molecule has 1 aromatic heterocycles. The standard InChI is InChI=1S/C44H39NO6S/c1-33-42-29-40(50-32-36-13-7-3-8-14-36)25-26-43(42)45(44(33)37-19-23-39(24-20-37)49-31-35-11-5-2-6-12-35)30-34-17-21-38(22-18-34)48-27-28-51-52(46,47)41-15-9-4-10-16-41/h2-26,29H,27-28,30-32H2,1H3. The maximum Gasteiger partial charge on any atom is 0.297 e. The van der Waals surface area contributed by atoms with Gasteiger partial charge in [-0.15, -0.1) is 0 Å². The van der Waals surface area contributed by atoms with Crippen molar-refractivity contribution in [2.75, 3.05) is 13.2 Å². The molecule has 0 amide bonds. The third-order valence-corrected chi connectivity index (χ3v) is 10.1. The first kappa shape index (κ1) is 34.6. The van der Waals surface area contributed by atoms with Crippen molar-refractivity contribution in [1.29, 1.82) is 0 Å². The average Bonchev–Trinajstić information content (AvgIpc) is 3.46. The maximum atomic E-state index is 12.4. The summed E-state index contributed by atoms with van der Waals surface area (Å²) in [6.07, 6.45) is 0. The van der Waals surface area contributed by atoms with Crippen molar-refractivity contribution in [2.24, 2.45) is 0 Å². The molecule has 0 spiro atoms. The molecular weight excluding hydrogens is 671 g/mol. The summed E-state index contributed by atoms with van der Waals surface area (Å²) in [5.41, 5.74) is 7.77. The van der Waals surface area contributed by atoms with Gasteiger partial charge in [-0.3, -0.25) is 4.18 Å². The molecule has 0 aliphatic carbocycles. The molecule has 7 rings (SSSR count). The lowest BCUT2D eigenvalue weighted by atomic mass is 10.1. The van der Waals surface area contributed by atoms with Gasteiger partial charge in [0.2, 0.25) is 0 Å². The number of ether oxygens (including phenoxy) is 3. The zero-order valence-corrected chi connectivity index (χ0v) is 29.7. The van der Waals surface area contributed by atoms with Crippen LogP contribution in [0, 0.1) is 6.92 Å². The highest BCUT2D eigenvalue weighted by atomic mass is 32.2. The summed E-state index contributed by atoms with van der Waals surface area (Å²) in [7, 11) is -3.83. The largest absolute Gasteiger partial charge is 0.491 e. The summed E-state index contributed by atoms with van der Waals surface area (Å²) in [5.74, 6) is 2.25. The van der Waals surface area contributed by atoms with E-state index in [-0.39, 0.29) is 18.1 Å². The van der Waals surface area contributed by atoms with Gasteiger partial charge < -0.3 is 18.8 Å². The van der Waals surface area contributed by atoms with Crippen molar-refractivity contribution < 1.29 is 26.8 Å². The van der Waals surface area contributed by atoms with Crippen molar-refractivity contribution in [3.63, 3.8) is 0 Å². The normalized spacial score (nSPS) is 11.4. The van der Waals surface area contributed by atoms with E-state index in [0.29, 0.717) is 25.5 Å². The lowest BCUT2D eigenvalue weighted by Crippen LogP contribution is -2.13. The van der Waals surface area contributed by atoms with E-state index in [1.54, 1.807) is 18.2 Å². The maximum absolute atomic E-state index is 12.4. The average molecular weight is 710 g/mol. The van der Waals surface area contributed by atoms with Gasteiger partial charge in [-0.1, -0.05) is 91.0 Å². The van der Waals surface area contributed by atoms with Gasteiger partial charge in [-0.05, 0) is 101 Å². The van der Waals surface area contributed by atoms with Crippen LogP contribution in [0.15, 0.2) is 163 Å². The number of hydrogen-bond acceptors (Lipinski definition) is 6. The monoisotopic (exact) mass is 709 g/mol. The Morgan fingerprint density at radius 3 is 1.71 bits per heavy atom. The van der Waals surface area contributed by atoms with E-state index in [2.05, 4.69) is 60.0 Å². The molecule has 6 aromatic carbocycles. The van der Waals surface area contributed by atoms with E-state index in [1.165, 1.54) is 12.1 Å². The molecule has 0 unspecified atom stereocenters. The number of aromatic nitrogens is 1. The summed E-state index contributed by atoms with van der Waals surface area (Å²) >= 11 is 0. The van der Waals surface area contributed by atoms with Crippen LogP contribution in [0.25, 0.3) is 22.2 Å². The Labute approximate surface area is 304 Å². The van der Waals surface area contributed by atoms with Crippen LogP contribution < -0.4 is 14.2 Å². The molecule has 8 heteroatoms. The number of benzene rings is 6. The highest BCUT2D eigenvalue weighted by Gasteiger charge is 2.18. The van der Waals surface area contributed by atoms with Crippen molar-refractivity contribution in [1.82, 2.24) is 4.57 Å². The fraction of sp³-hybridized carbons (Fsp3) is 0.136. The van der Waals surface area contributed by atoms with E-state index in [9.17, 15) is 8.42 Å². The van der Waals surface area contributed by atoms with Crippen LogP contribution in [0.2, 0.25) is 0 Å². The van der Waals surface area contributed by atoms with Crippen molar-refractivity contribution in [3.8, 4) is 28.5 Å². The molecule has 0 saturated carbocycles. The van der Waals surface area contributed by atoms with Gasteiger partial charge in [-0.2, -0.15) is 8.42 Å². The Morgan fingerprint density at radius 2 is 1.08 bits per heavy atom. The number of hydrogen-bond donors (Lipinski definition) is 0. The van der Waals surface area contributed by atoms with Gasteiger partial charge in [0.15, 0.2) is 0 Å². The second kappa shape index (κ2) is 16.0. The topological polar surface area (TPSA) is 76.0 Å². The van der Waals surface area contributed by atoms with Gasteiger partial charge in [0.1, 0.15) is 43.7 Å². The van der Waals surface area contributed by atoms with Gasteiger partial charge in [0.05, 0.1) is 10.6 Å². The Kier molecular flexibility index (Phi) is 10.7. The van der Waals surface area contributed by atoms with E-state index in [0.717, 1.165) is 55.9 Å². The van der Waals surface area contributed by atoms with Gasteiger partial charge in [0, 0.05) is 17.4 Å². The molecule has 0 aliphatic rings. The van der Waals surface area contributed by atoms with Crippen LogP contribution in [0.3, 0.4) is 0 Å². The molecule has 52 heavy (non-hydrogen) atoms. The summed E-state index contributed by atoms with van der Waals surface area (Å²) in [5, 5.41) is 1.12. The van der Waals surface area contributed by atoms with Crippen LogP contribution in [-0.4, -0.2) is 26.2 Å². The SMILES string of the molecule is Cc1c(-c2ccc(OCc3ccccc3)cc2)n(Cc2ccc(OCCOS(=O)(=O)c3ccccc3)cc2)c2ccc(OCc3ccccc3)cc12. The number of nitrogens with zero attached hydrogens (tertiary/aromatic N) is 1. The van der Waals surface area contributed by atoms with E-state index >= 15 is 0 Å². The van der Waals surface area contributed by atoms with Crippen LogP contribution in [0.1, 0.15) is 22.3 Å². The molecule has 0 radical (unpaired) electrons. The fourth-order valence-electron chi connectivity index (χ4n) is 6.15. The van der Waals surface area contributed by atoms with E-state index in [1.807, 2.05) is 78.9 Å². The molecule has 0 aliphatic heterocycles. The zero-order valence-electron chi connectivity index (χ0n) is 28.9. The quantitative estimate of drug-likeness (QED) is 0.0780. The summed E-state index contributed by atoms with van der Waals surface area (Å²) in [4.78, 5) is 0.120. The molecule has 0 saturated heterocycles. The highest BCUT2D eigenvalue weighted by molar-refractivity contribution is 7.86. The van der Waals surface area contributed by atoms with E-state index in [4.69, 9.17) is 18.4 Å². The van der Waals surface area contributed by atoms with Crippen molar-refractivity contribution in [3.05, 3.63) is 180 Å². The Hall–Kier alpha value is -5.83. The van der Waals surface area contributed by atoms with E-state index < -0.39 is 10.1 Å². The minimum atomic E-state index is -3.83. The van der Waals surface area contributed by atoms with Crippen LogP contribution in [0.4, 0.5) is 0 Å². The molecule has 0 N–H and O–H groups in total. The van der Waals surface area contributed by atoms with Crippen LogP contribution in [0.5, 0.6) is 17.2 Å². The first-order valence-corrected chi connectivity index (χ1v) is 18.6. The molecule has 0 fully saturated rings. The minimum Gasteiger partial charge on any atom is -0.491 e. The Morgan fingerprint density at radius 1 is 0.538 bits per heavy atom. The molecule has 262 valence electrons. The number of aryl methyl sites for hydroxylation is 1. The summed E-state index contributed by atoms with van der Waals surface area (Å²) in [6.45, 7) is 3.78. The van der Waals surface area contributed by atoms with Crippen molar-refractivity contribution in [2.45, 2.75) is 31.6 Å². The fourth-order valence-corrected chi connectivity index (χ4v) is 7.06. The number of fused-ring (bicyclic) bond motifs is 1. The van der Waals surface area contributed by atoms with Gasteiger partial charge >= 0.3 is 0 Å². The third-order valence-electron chi connectivity index (χ3n) is 8.80. The molecule has 7 aromatic rings. The first-order valence-electron chi connectivity index (χ1n) is 17.2. The lowest BCUT2D eigenvalue weighted by Gasteiger charge is -2.14. The Balaban J connectivity index is 1.09.